The quantitative estimate of drug-likeness (QED) is 0.861. The van der Waals surface area contributed by atoms with Crippen LogP contribution < -0.4 is 16.0 Å². The molecule has 0 bridgehead atoms. The molecule has 0 saturated carbocycles. The second-order valence-electron chi connectivity index (χ2n) is 5.30. The second-order valence-corrected chi connectivity index (χ2v) is 5.30. The van der Waals surface area contributed by atoms with Crippen molar-refractivity contribution in [2.24, 2.45) is 11.7 Å². The summed E-state index contributed by atoms with van der Waals surface area (Å²) in [6.45, 7) is 4.41. The number of anilines is 1. The summed E-state index contributed by atoms with van der Waals surface area (Å²) < 4.78 is 13.2. The Morgan fingerprint density at radius 2 is 2.20 bits per heavy atom. The van der Waals surface area contributed by atoms with E-state index in [2.05, 4.69) is 5.32 Å². The van der Waals surface area contributed by atoms with E-state index in [-0.39, 0.29) is 18.4 Å². The van der Waals surface area contributed by atoms with Crippen LogP contribution in [0.15, 0.2) is 18.2 Å². The number of nitrogens with two attached hydrogens (primary N) is 1. The van der Waals surface area contributed by atoms with Crippen molar-refractivity contribution in [2.75, 3.05) is 18.0 Å². The minimum Gasteiger partial charge on any atom is -0.354 e. The van der Waals surface area contributed by atoms with Crippen molar-refractivity contribution >= 4 is 17.5 Å². The van der Waals surface area contributed by atoms with Gasteiger partial charge in [-0.3, -0.25) is 9.59 Å². The highest BCUT2D eigenvalue weighted by atomic mass is 19.1. The molecule has 0 aliphatic carbocycles. The molecule has 0 saturated heterocycles. The third kappa shape index (κ3) is 2.80. The number of fused-ring (bicyclic) bond motifs is 1. The van der Waals surface area contributed by atoms with Gasteiger partial charge >= 0.3 is 0 Å². The maximum Gasteiger partial charge on any atom is 0.249 e. The maximum atomic E-state index is 13.2. The Hall–Kier alpha value is -1.95. The van der Waals surface area contributed by atoms with E-state index in [0.717, 1.165) is 0 Å². The summed E-state index contributed by atoms with van der Waals surface area (Å²) in [5, 5.41) is 2.74. The number of rotatable bonds is 4. The molecule has 3 N–H and O–H groups in total. The average molecular weight is 279 g/mol. The predicted octanol–water partition coefficient (Wildman–Crippen LogP) is 0.944. The number of nitrogens with zero attached hydrogens (tertiary/aromatic N) is 1. The van der Waals surface area contributed by atoms with Crippen molar-refractivity contribution in [3.8, 4) is 0 Å². The largest absolute Gasteiger partial charge is 0.354 e. The van der Waals surface area contributed by atoms with Crippen molar-refractivity contribution in [3.05, 3.63) is 29.6 Å². The standard InChI is InChI=1S/C14H18FN3O2/c1-8(2)6-17-12(19)7-18-11-4-3-9(15)5-10(11)13(16)14(18)20/h3-5,8,13H,6-7,16H2,1-2H3,(H,17,19). The molecule has 6 heteroatoms. The first-order valence-electron chi connectivity index (χ1n) is 6.53. The van der Waals surface area contributed by atoms with Crippen LogP contribution in [0.25, 0.3) is 0 Å². The van der Waals surface area contributed by atoms with E-state index in [0.29, 0.717) is 23.7 Å². The SMILES string of the molecule is CC(C)CNC(=O)CN1C(=O)C(N)c2cc(F)ccc21. The van der Waals surface area contributed by atoms with Crippen LogP contribution in [-0.4, -0.2) is 24.9 Å². The van der Waals surface area contributed by atoms with E-state index in [1.54, 1.807) is 0 Å². The lowest BCUT2D eigenvalue weighted by atomic mass is 10.1. The number of carbonyl (C=O) groups is 2. The average Bonchev–Trinajstić information content (AvgIpc) is 2.61. The van der Waals surface area contributed by atoms with Crippen LogP contribution in [0.2, 0.25) is 0 Å². The van der Waals surface area contributed by atoms with Crippen LogP contribution in [0.5, 0.6) is 0 Å². The van der Waals surface area contributed by atoms with Gasteiger partial charge in [-0.05, 0) is 24.1 Å². The van der Waals surface area contributed by atoms with Gasteiger partial charge < -0.3 is 16.0 Å². The summed E-state index contributed by atoms with van der Waals surface area (Å²) in [4.78, 5) is 25.2. The molecular weight excluding hydrogens is 261 g/mol. The van der Waals surface area contributed by atoms with E-state index >= 15 is 0 Å². The van der Waals surface area contributed by atoms with Gasteiger partial charge in [0.25, 0.3) is 0 Å². The third-order valence-electron chi connectivity index (χ3n) is 3.16. The van der Waals surface area contributed by atoms with Crippen molar-refractivity contribution in [1.29, 1.82) is 0 Å². The smallest absolute Gasteiger partial charge is 0.249 e. The fourth-order valence-corrected chi connectivity index (χ4v) is 2.12. The Bertz CT molecular complexity index is 545. The number of hydrogen-bond donors (Lipinski definition) is 2. The first-order valence-corrected chi connectivity index (χ1v) is 6.53. The van der Waals surface area contributed by atoms with Crippen LogP contribution in [-0.2, 0) is 9.59 Å². The first-order chi connectivity index (χ1) is 9.40. The lowest BCUT2D eigenvalue weighted by Crippen LogP contribution is -2.41. The molecule has 1 aliphatic heterocycles. The number of halogens is 1. The summed E-state index contributed by atoms with van der Waals surface area (Å²) in [5.41, 5.74) is 6.68. The van der Waals surface area contributed by atoms with Crippen molar-refractivity contribution in [3.63, 3.8) is 0 Å². The molecule has 1 aliphatic rings. The number of hydrogen-bond acceptors (Lipinski definition) is 3. The highest BCUT2D eigenvalue weighted by molar-refractivity contribution is 6.07. The summed E-state index contributed by atoms with van der Waals surface area (Å²) in [6.07, 6.45) is 0. The monoisotopic (exact) mass is 279 g/mol. The first kappa shape index (κ1) is 14.5. The van der Waals surface area contributed by atoms with Crippen LogP contribution in [0.1, 0.15) is 25.5 Å². The molecule has 20 heavy (non-hydrogen) atoms. The molecule has 1 atom stereocenters. The zero-order valence-corrected chi connectivity index (χ0v) is 11.5. The third-order valence-corrected chi connectivity index (χ3v) is 3.16. The lowest BCUT2D eigenvalue weighted by Gasteiger charge is -2.17. The molecule has 5 nitrogen and oxygen atoms in total. The second kappa shape index (κ2) is 5.58. The summed E-state index contributed by atoms with van der Waals surface area (Å²) in [7, 11) is 0. The molecule has 0 spiro atoms. The Balaban J connectivity index is 2.14. The normalized spacial score (nSPS) is 17.6. The van der Waals surface area contributed by atoms with E-state index < -0.39 is 11.9 Å². The van der Waals surface area contributed by atoms with Crippen molar-refractivity contribution < 1.29 is 14.0 Å². The zero-order valence-electron chi connectivity index (χ0n) is 11.5. The number of amides is 2. The van der Waals surface area contributed by atoms with E-state index in [1.165, 1.54) is 23.1 Å². The Morgan fingerprint density at radius 1 is 1.50 bits per heavy atom. The van der Waals surface area contributed by atoms with Gasteiger partial charge in [0.05, 0.1) is 0 Å². The van der Waals surface area contributed by atoms with Crippen molar-refractivity contribution in [2.45, 2.75) is 19.9 Å². The predicted molar refractivity (Wildman–Crippen MR) is 73.5 cm³/mol. The van der Waals surface area contributed by atoms with Crippen LogP contribution in [0.3, 0.4) is 0 Å². The molecule has 1 unspecified atom stereocenters. The summed E-state index contributed by atoms with van der Waals surface area (Å²) >= 11 is 0. The summed E-state index contributed by atoms with van der Waals surface area (Å²) in [5.74, 6) is -0.753. The Kier molecular flexibility index (Phi) is 4.04. The number of nitrogens with one attached hydrogen (secondary N) is 1. The molecule has 0 fully saturated rings. The fourth-order valence-electron chi connectivity index (χ4n) is 2.12. The van der Waals surface area contributed by atoms with E-state index in [9.17, 15) is 14.0 Å². The molecule has 0 radical (unpaired) electrons. The molecule has 1 aromatic rings. The number of benzene rings is 1. The van der Waals surface area contributed by atoms with E-state index in [4.69, 9.17) is 5.73 Å². The van der Waals surface area contributed by atoms with Crippen LogP contribution in [0.4, 0.5) is 10.1 Å². The molecule has 108 valence electrons. The Morgan fingerprint density at radius 3 is 2.85 bits per heavy atom. The molecule has 2 amide bonds. The van der Waals surface area contributed by atoms with Gasteiger partial charge in [0.15, 0.2) is 0 Å². The molecular formula is C14H18FN3O2. The lowest BCUT2D eigenvalue weighted by molar-refractivity contribution is -0.124. The maximum absolute atomic E-state index is 13.2. The van der Waals surface area contributed by atoms with Crippen molar-refractivity contribution in [1.82, 2.24) is 5.32 Å². The minimum absolute atomic E-state index is 0.0993. The van der Waals surface area contributed by atoms with Gasteiger partial charge in [0, 0.05) is 17.8 Å². The number of carbonyl (C=O) groups excluding carboxylic acids is 2. The summed E-state index contributed by atoms with van der Waals surface area (Å²) in [6, 6.07) is 3.07. The van der Waals surface area contributed by atoms with Crippen LogP contribution in [0, 0.1) is 11.7 Å². The fraction of sp³-hybridized carbons (Fsp3) is 0.429. The van der Waals surface area contributed by atoms with E-state index in [1.807, 2.05) is 13.8 Å². The minimum atomic E-state index is -0.904. The zero-order chi connectivity index (χ0) is 14.9. The molecule has 0 aromatic heterocycles. The van der Waals surface area contributed by atoms with Gasteiger partial charge in [-0.1, -0.05) is 13.8 Å². The van der Waals surface area contributed by atoms with Gasteiger partial charge in [-0.15, -0.1) is 0 Å². The molecule has 2 rings (SSSR count). The van der Waals surface area contributed by atoms with Gasteiger partial charge in [0.2, 0.25) is 11.8 Å². The molecule has 1 heterocycles. The topological polar surface area (TPSA) is 75.4 Å². The highest BCUT2D eigenvalue weighted by Crippen LogP contribution is 2.34. The highest BCUT2D eigenvalue weighted by Gasteiger charge is 2.35. The van der Waals surface area contributed by atoms with Crippen LogP contribution >= 0.6 is 0 Å². The van der Waals surface area contributed by atoms with Gasteiger partial charge in [-0.25, -0.2) is 4.39 Å². The van der Waals surface area contributed by atoms with Gasteiger partial charge in [0.1, 0.15) is 18.4 Å². The Labute approximate surface area is 116 Å². The molecule has 1 aromatic carbocycles. The van der Waals surface area contributed by atoms with Gasteiger partial charge in [-0.2, -0.15) is 0 Å².